The van der Waals surface area contributed by atoms with E-state index in [4.69, 9.17) is 10.2 Å². The van der Waals surface area contributed by atoms with E-state index in [1.807, 2.05) is 48.5 Å². The highest BCUT2D eigenvalue weighted by atomic mass is 16.4. The molecule has 2 unspecified atom stereocenters. The number of carbonyl (C=O) groups is 2. The molecule has 36 heavy (non-hydrogen) atoms. The van der Waals surface area contributed by atoms with Crippen molar-refractivity contribution in [2.45, 2.75) is 89.3 Å². The molecule has 2 aliphatic rings. The van der Waals surface area contributed by atoms with Crippen molar-refractivity contribution in [3.05, 3.63) is 70.8 Å². The number of aliphatic hydroxyl groups excluding tert-OH is 2. The fourth-order valence-corrected chi connectivity index (χ4v) is 5.29. The average molecular weight is 497 g/mol. The minimum atomic E-state index is -0.797. The van der Waals surface area contributed by atoms with Crippen molar-refractivity contribution in [3.8, 4) is 0 Å². The second kappa shape index (κ2) is 13.0. The van der Waals surface area contributed by atoms with Gasteiger partial charge in [-0.15, -0.1) is 0 Å². The molecule has 6 atom stereocenters. The first kappa shape index (κ1) is 27.9. The molecule has 2 aromatic rings. The molecule has 0 aliphatic heterocycles. The summed E-state index contributed by atoms with van der Waals surface area (Å²) < 4.78 is 0. The molecule has 0 heterocycles. The third-order valence-corrected chi connectivity index (χ3v) is 7.93. The van der Waals surface area contributed by atoms with Crippen LogP contribution in [0.1, 0.15) is 86.5 Å². The molecule has 4 rings (SSSR count). The first-order valence-corrected chi connectivity index (χ1v) is 13.1. The van der Waals surface area contributed by atoms with Crippen LogP contribution in [0.3, 0.4) is 0 Å². The van der Waals surface area contributed by atoms with Gasteiger partial charge in [0, 0.05) is 0 Å². The van der Waals surface area contributed by atoms with Gasteiger partial charge in [-0.1, -0.05) is 61.4 Å². The van der Waals surface area contributed by atoms with Crippen molar-refractivity contribution in [2.75, 3.05) is 0 Å². The average Bonchev–Trinajstić information content (AvgIpc) is 3.46. The number of aliphatic carboxylic acids is 2. The molecule has 0 saturated heterocycles. The zero-order chi connectivity index (χ0) is 26.2. The molecule has 2 saturated carbocycles. The maximum atomic E-state index is 10.9. The molecule has 2 fully saturated rings. The zero-order valence-corrected chi connectivity index (χ0v) is 21.3. The van der Waals surface area contributed by atoms with Gasteiger partial charge in [0.2, 0.25) is 0 Å². The van der Waals surface area contributed by atoms with E-state index in [0.717, 1.165) is 62.5 Å². The Bertz CT molecular complexity index is 902. The van der Waals surface area contributed by atoms with Gasteiger partial charge in [-0.05, 0) is 86.5 Å². The van der Waals surface area contributed by atoms with Gasteiger partial charge in [-0.3, -0.25) is 9.59 Å². The van der Waals surface area contributed by atoms with E-state index in [1.54, 1.807) is 13.8 Å². The van der Waals surface area contributed by atoms with Crippen molar-refractivity contribution in [3.63, 3.8) is 0 Å². The normalized spacial score (nSPS) is 25.0. The van der Waals surface area contributed by atoms with Gasteiger partial charge in [0.25, 0.3) is 0 Å². The van der Waals surface area contributed by atoms with E-state index >= 15 is 0 Å². The van der Waals surface area contributed by atoms with Crippen LogP contribution in [-0.4, -0.2) is 44.6 Å². The summed E-state index contributed by atoms with van der Waals surface area (Å²) in [6.45, 7) is 3.39. The van der Waals surface area contributed by atoms with Gasteiger partial charge in [-0.25, -0.2) is 0 Å². The quantitative estimate of drug-likeness (QED) is 0.401. The van der Waals surface area contributed by atoms with Crippen LogP contribution in [0.25, 0.3) is 0 Å². The minimum Gasteiger partial charge on any atom is -0.481 e. The third kappa shape index (κ3) is 7.65. The number of aliphatic hydroxyl groups is 2. The topological polar surface area (TPSA) is 115 Å². The smallest absolute Gasteiger partial charge is 0.310 e. The highest BCUT2D eigenvalue weighted by Gasteiger charge is 2.26. The summed E-state index contributed by atoms with van der Waals surface area (Å²) in [6.07, 6.45) is 7.69. The van der Waals surface area contributed by atoms with Crippen molar-refractivity contribution in [2.24, 2.45) is 11.8 Å². The summed E-state index contributed by atoms with van der Waals surface area (Å²) >= 11 is 0. The van der Waals surface area contributed by atoms with Crippen molar-refractivity contribution < 1.29 is 30.0 Å². The summed E-state index contributed by atoms with van der Waals surface area (Å²) in [5.74, 6) is -1.78. The summed E-state index contributed by atoms with van der Waals surface area (Å²) in [5, 5.41) is 37.4. The van der Waals surface area contributed by atoms with Crippen molar-refractivity contribution in [1.82, 2.24) is 0 Å². The Morgan fingerprint density at radius 3 is 1.25 bits per heavy atom. The maximum Gasteiger partial charge on any atom is 0.310 e. The molecule has 6 heteroatoms. The van der Waals surface area contributed by atoms with Crippen LogP contribution in [0.4, 0.5) is 0 Å². The Morgan fingerprint density at radius 2 is 1.00 bits per heavy atom. The second-order valence-corrected chi connectivity index (χ2v) is 10.5. The number of carboxylic acid groups (broad SMARTS) is 2. The van der Waals surface area contributed by atoms with Gasteiger partial charge in [-0.2, -0.15) is 0 Å². The van der Waals surface area contributed by atoms with Crippen LogP contribution >= 0.6 is 0 Å². The summed E-state index contributed by atoms with van der Waals surface area (Å²) in [6, 6.07) is 15.5. The lowest BCUT2D eigenvalue weighted by molar-refractivity contribution is -0.139. The molecule has 0 radical (unpaired) electrons. The van der Waals surface area contributed by atoms with Gasteiger partial charge < -0.3 is 20.4 Å². The highest BCUT2D eigenvalue weighted by Crippen LogP contribution is 2.30. The van der Waals surface area contributed by atoms with Crippen molar-refractivity contribution in [1.29, 1.82) is 0 Å². The summed E-state index contributed by atoms with van der Waals surface area (Å²) in [4.78, 5) is 21.7. The lowest BCUT2D eigenvalue weighted by Crippen LogP contribution is -2.15. The molecule has 4 N–H and O–H groups in total. The Kier molecular flexibility index (Phi) is 10.1. The Balaban J connectivity index is 0.000000201. The lowest BCUT2D eigenvalue weighted by Gasteiger charge is -2.15. The minimum absolute atomic E-state index is 0.164. The SMILES string of the molecule is CC(C(=O)O)c1ccc(C[C@@H]2CCC[C@H]2O)cc1.CC(C(=O)O)c1ccc(C[C@H]2CCC[C@@H]2O)cc1. The van der Waals surface area contributed by atoms with Crippen LogP contribution < -0.4 is 0 Å². The largest absolute Gasteiger partial charge is 0.481 e. The van der Waals surface area contributed by atoms with Gasteiger partial charge >= 0.3 is 11.9 Å². The molecule has 0 bridgehead atoms. The fourth-order valence-electron chi connectivity index (χ4n) is 5.29. The number of rotatable bonds is 8. The molecule has 196 valence electrons. The molecule has 2 aromatic carbocycles. The van der Waals surface area contributed by atoms with Crippen LogP contribution in [0, 0.1) is 11.8 Å². The molecule has 0 amide bonds. The van der Waals surface area contributed by atoms with Crippen LogP contribution in [0.15, 0.2) is 48.5 Å². The van der Waals surface area contributed by atoms with E-state index in [9.17, 15) is 19.8 Å². The predicted molar refractivity (Wildman–Crippen MR) is 139 cm³/mol. The van der Waals surface area contributed by atoms with Crippen LogP contribution in [0.2, 0.25) is 0 Å². The molecule has 2 aliphatic carbocycles. The maximum absolute atomic E-state index is 10.9. The van der Waals surface area contributed by atoms with Gasteiger partial charge in [0.15, 0.2) is 0 Å². The first-order valence-electron chi connectivity index (χ1n) is 13.1. The lowest BCUT2D eigenvalue weighted by atomic mass is 9.94. The summed E-state index contributed by atoms with van der Waals surface area (Å²) in [7, 11) is 0. The Labute approximate surface area is 214 Å². The van der Waals surface area contributed by atoms with Gasteiger partial charge in [0.05, 0.1) is 24.0 Å². The van der Waals surface area contributed by atoms with E-state index in [-0.39, 0.29) is 12.2 Å². The molecular formula is C30H40O6. The van der Waals surface area contributed by atoms with Gasteiger partial charge in [0.1, 0.15) is 0 Å². The second-order valence-electron chi connectivity index (χ2n) is 10.5. The predicted octanol–water partition coefficient (Wildman–Crippen LogP) is 5.16. The number of carboxylic acids is 2. The van der Waals surface area contributed by atoms with E-state index in [0.29, 0.717) is 11.8 Å². The standard InChI is InChI=1S/2C15H20O3/c2*1-10(15(17)18)12-7-5-11(6-8-12)9-13-3-2-4-14(13)16/h2*5-8,10,13-14,16H,2-4,9H2,1H3,(H,17,18)/t2*10?,13-,14+/m10/s1. The molecule has 6 nitrogen and oxygen atoms in total. The van der Waals surface area contributed by atoms with Crippen molar-refractivity contribution >= 4 is 11.9 Å². The monoisotopic (exact) mass is 496 g/mol. The first-order chi connectivity index (χ1) is 17.2. The van der Waals surface area contributed by atoms with Crippen LogP contribution in [-0.2, 0) is 22.4 Å². The number of hydrogen-bond acceptors (Lipinski definition) is 4. The number of benzene rings is 2. The number of hydrogen-bond donors (Lipinski definition) is 4. The fraction of sp³-hybridized carbons (Fsp3) is 0.533. The Morgan fingerprint density at radius 1 is 0.667 bits per heavy atom. The molecular weight excluding hydrogens is 456 g/mol. The van der Waals surface area contributed by atoms with E-state index in [1.165, 1.54) is 11.1 Å². The van der Waals surface area contributed by atoms with E-state index < -0.39 is 23.8 Å². The zero-order valence-electron chi connectivity index (χ0n) is 21.3. The van der Waals surface area contributed by atoms with Crippen LogP contribution in [0.5, 0.6) is 0 Å². The Hall–Kier alpha value is -2.70. The summed E-state index contributed by atoms with van der Waals surface area (Å²) in [5.41, 5.74) is 4.03. The van der Waals surface area contributed by atoms with E-state index in [2.05, 4.69) is 0 Å². The molecule has 0 aromatic heterocycles. The third-order valence-electron chi connectivity index (χ3n) is 7.93. The highest BCUT2D eigenvalue weighted by molar-refractivity contribution is 5.75. The molecule has 0 spiro atoms.